The highest BCUT2D eigenvalue weighted by atomic mass is 16.4. The molecule has 0 radical (unpaired) electrons. The highest BCUT2D eigenvalue weighted by Crippen LogP contribution is 2.13. The minimum atomic E-state index is -1.82. The molecule has 0 unspecified atom stereocenters. The first-order valence-electron chi connectivity index (χ1n) is 16.8. The maximum Gasteiger partial charge on any atom is 0.414 e. The second kappa shape index (κ2) is 38.5. The maximum atomic E-state index is 9.10. The highest BCUT2D eigenvalue weighted by Gasteiger charge is 2.04. The lowest BCUT2D eigenvalue weighted by atomic mass is 10.1. The van der Waals surface area contributed by atoms with Gasteiger partial charge < -0.3 is 33.1 Å². The Morgan fingerprint density at radius 1 is 0.405 bits per heavy atom. The van der Waals surface area contributed by atoms with Crippen molar-refractivity contribution in [3.8, 4) is 0 Å². The molecule has 0 spiro atoms. The SMILES string of the molecule is CCCCCCCCCCCCCCN=C(N)N.CCCCCCCCCCCCCCN=C(N)N.O=C(O)C(=O)O. The normalized spacial score (nSPS) is 10.0. The second-order valence-corrected chi connectivity index (χ2v) is 11.0. The van der Waals surface area contributed by atoms with Crippen molar-refractivity contribution in [1.82, 2.24) is 0 Å². The first-order chi connectivity index (χ1) is 20.2. The van der Waals surface area contributed by atoms with E-state index in [1.165, 1.54) is 141 Å². The van der Waals surface area contributed by atoms with Gasteiger partial charge in [0.15, 0.2) is 11.9 Å². The zero-order chi connectivity index (χ0) is 32.1. The van der Waals surface area contributed by atoms with Crippen LogP contribution in [0.25, 0.3) is 0 Å². The number of hydrogen-bond acceptors (Lipinski definition) is 4. The summed E-state index contributed by atoms with van der Waals surface area (Å²) >= 11 is 0. The van der Waals surface area contributed by atoms with Gasteiger partial charge in [-0.2, -0.15) is 0 Å². The fourth-order valence-electron chi connectivity index (χ4n) is 4.32. The number of aliphatic carboxylic acids is 2. The van der Waals surface area contributed by atoms with Gasteiger partial charge in [-0.1, -0.05) is 155 Å². The Hall–Kier alpha value is -2.52. The van der Waals surface area contributed by atoms with Gasteiger partial charge in [0.1, 0.15) is 0 Å². The van der Waals surface area contributed by atoms with E-state index in [4.69, 9.17) is 42.7 Å². The Labute approximate surface area is 257 Å². The van der Waals surface area contributed by atoms with E-state index in [0.29, 0.717) is 0 Å². The molecule has 0 fully saturated rings. The zero-order valence-corrected chi connectivity index (χ0v) is 27.3. The summed E-state index contributed by atoms with van der Waals surface area (Å²) in [5.41, 5.74) is 21.0. The van der Waals surface area contributed by atoms with Crippen LogP contribution in [0.2, 0.25) is 0 Å². The third-order valence-corrected chi connectivity index (χ3v) is 6.80. The standard InChI is InChI=1S/2C15H33N3.C2H2O4/c2*1-2-3-4-5-6-7-8-9-10-11-12-13-14-18-15(16)17;3-1(4)2(5)6/h2*2-14H2,1H3,(H4,16,17,18);(H,3,4)(H,5,6). The zero-order valence-electron chi connectivity index (χ0n) is 27.3. The molecule has 0 amide bonds. The Morgan fingerprint density at radius 2 is 0.595 bits per heavy atom. The number of carboxylic acids is 2. The minimum absolute atomic E-state index is 0.220. The van der Waals surface area contributed by atoms with Crippen molar-refractivity contribution in [2.45, 2.75) is 168 Å². The average Bonchev–Trinajstić information content (AvgIpc) is 2.94. The van der Waals surface area contributed by atoms with Gasteiger partial charge in [0.2, 0.25) is 0 Å². The summed E-state index contributed by atoms with van der Waals surface area (Å²) in [5, 5.41) is 14.8. The summed E-state index contributed by atoms with van der Waals surface area (Å²) in [6.07, 6.45) is 32.8. The third kappa shape index (κ3) is 50.3. The lowest BCUT2D eigenvalue weighted by molar-refractivity contribution is -0.159. The van der Waals surface area contributed by atoms with Crippen molar-refractivity contribution in [3.05, 3.63) is 0 Å². The van der Waals surface area contributed by atoms with Gasteiger partial charge in [0, 0.05) is 13.1 Å². The van der Waals surface area contributed by atoms with E-state index >= 15 is 0 Å². The van der Waals surface area contributed by atoms with Crippen LogP contribution in [0.15, 0.2) is 9.98 Å². The summed E-state index contributed by atoms with van der Waals surface area (Å²) in [6, 6.07) is 0. The molecule has 0 aromatic rings. The molecule has 0 bridgehead atoms. The largest absolute Gasteiger partial charge is 0.473 e. The molecule has 0 heterocycles. The first kappa shape index (κ1) is 43.9. The number of carbonyl (C=O) groups is 2. The smallest absolute Gasteiger partial charge is 0.414 e. The van der Waals surface area contributed by atoms with E-state index < -0.39 is 11.9 Å². The molecule has 0 saturated heterocycles. The fourth-order valence-corrected chi connectivity index (χ4v) is 4.32. The molecule has 0 aliphatic heterocycles. The van der Waals surface area contributed by atoms with Gasteiger partial charge in [0.05, 0.1) is 0 Å². The quantitative estimate of drug-likeness (QED) is 0.0261. The van der Waals surface area contributed by atoms with Crippen LogP contribution in [-0.2, 0) is 9.59 Å². The van der Waals surface area contributed by atoms with Gasteiger partial charge in [-0.3, -0.25) is 9.98 Å². The summed E-state index contributed by atoms with van der Waals surface area (Å²) in [6.45, 7) is 6.12. The van der Waals surface area contributed by atoms with Crippen LogP contribution in [-0.4, -0.2) is 47.2 Å². The topological polar surface area (TPSA) is 203 Å². The summed E-state index contributed by atoms with van der Waals surface area (Å²) < 4.78 is 0. The van der Waals surface area contributed by atoms with Crippen LogP contribution in [0, 0.1) is 0 Å². The van der Waals surface area contributed by atoms with Crippen LogP contribution >= 0.6 is 0 Å². The van der Waals surface area contributed by atoms with Crippen molar-refractivity contribution in [2.75, 3.05) is 13.1 Å². The van der Waals surface area contributed by atoms with E-state index in [2.05, 4.69) is 23.8 Å². The first-order valence-corrected chi connectivity index (χ1v) is 16.8. The predicted molar refractivity (Wildman–Crippen MR) is 179 cm³/mol. The van der Waals surface area contributed by atoms with Crippen molar-refractivity contribution in [2.24, 2.45) is 32.9 Å². The number of nitrogens with two attached hydrogens (primary N) is 4. The maximum absolute atomic E-state index is 9.10. The molecule has 10 N–H and O–H groups in total. The molecule has 0 aliphatic rings. The number of aliphatic imine (C=N–C) groups is 2. The van der Waals surface area contributed by atoms with Crippen LogP contribution < -0.4 is 22.9 Å². The fraction of sp³-hybridized carbons (Fsp3) is 0.875. The Bertz CT molecular complexity index is 582. The molecule has 0 atom stereocenters. The van der Waals surface area contributed by atoms with E-state index in [-0.39, 0.29) is 11.9 Å². The number of carboxylic acid groups (broad SMARTS) is 2. The molecule has 250 valence electrons. The molecule has 0 aromatic heterocycles. The number of rotatable bonds is 26. The van der Waals surface area contributed by atoms with Gasteiger partial charge in [-0.15, -0.1) is 0 Å². The van der Waals surface area contributed by atoms with Gasteiger partial charge in [0.25, 0.3) is 0 Å². The van der Waals surface area contributed by atoms with E-state index in [1.54, 1.807) is 0 Å². The van der Waals surface area contributed by atoms with Crippen molar-refractivity contribution >= 4 is 23.9 Å². The predicted octanol–water partition coefficient (Wildman–Crippen LogP) is 7.08. The number of unbranched alkanes of at least 4 members (excludes halogenated alkanes) is 22. The van der Waals surface area contributed by atoms with E-state index in [9.17, 15) is 0 Å². The summed E-state index contributed by atoms with van der Waals surface area (Å²) in [7, 11) is 0. The molecule has 10 nitrogen and oxygen atoms in total. The summed E-state index contributed by atoms with van der Waals surface area (Å²) in [5.74, 6) is -3.21. The molecule has 0 rings (SSSR count). The molecule has 0 saturated carbocycles. The lowest BCUT2D eigenvalue weighted by Gasteiger charge is -2.02. The number of guanidine groups is 2. The van der Waals surface area contributed by atoms with E-state index in [1.807, 2.05) is 0 Å². The third-order valence-electron chi connectivity index (χ3n) is 6.80. The number of hydrogen-bond donors (Lipinski definition) is 6. The van der Waals surface area contributed by atoms with Gasteiger partial charge in [-0.25, -0.2) is 9.59 Å². The second-order valence-electron chi connectivity index (χ2n) is 11.0. The van der Waals surface area contributed by atoms with Crippen LogP contribution in [0.5, 0.6) is 0 Å². The van der Waals surface area contributed by atoms with Gasteiger partial charge >= 0.3 is 11.9 Å². The van der Waals surface area contributed by atoms with Crippen molar-refractivity contribution < 1.29 is 19.8 Å². The van der Waals surface area contributed by atoms with Crippen molar-refractivity contribution in [3.63, 3.8) is 0 Å². The van der Waals surface area contributed by atoms with Crippen LogP contribution in [0.4, 0.5) is 0 Å². The Balaban J connectivity index is -0.000000607. The molecule has 0 aliphatic carbocycles. The molecule has 42 heavy (non-hydrogen) atoms. The number of nitrogens with zero attached hydrogens (tertiary/aromatic N) is 2. The summed E-state index contributed by atoms with van der Waals surface area (Å²) in [4.78, 5) is 26.2. The molecule has 0 aromatic carbocycles. The Morgan fingerprint density at radius 3 is 0.762 bits per heavy atom. The molecular weight excluding hydrogens is 532 g/mol. The minimum Gasteiger partial charge on any atom is -0.473 e. The monoisotopic (exact) mass is 601 g/mol. The highest BCUT2D eigenvalue weighted by molar-refractivity contribution is 6.27. The van der Waals surface area contributed by atoms with Crippen molar-refractivity contribution in [1.29, 1.82) is 0 Å². The van der Waals surface area contributed by atoms with Crippen LogP contribution in [0.3, 0.4) is 0 Å². The lowest BCUT2D eigenvalue weighted by Crippen LogP contribution is -2.22. The molecular formula is C32H68N6O4. The Kier molecular flexibility index (Phi) is 40.2. The van der Waals surface area contributed by atoms with E-state index in [0.717, 1.165) is 25.9 Å². The van der Waals surface area contributed by atoms with Crippen LogP contribution in [0.1, 0.15) is 168 Å². The molecule has 10 heteroatoms. The average molecular weight is 601 g/mol. The van der Waals surface area contributed by atoms with Gasteiger partial charge in [-0.05, 0) is 12.8 Å².